The Balaban J connectivity index is 1.97. The number of rotatable bonds is 7. The Morgan fingerprint density at radius 3 is 2.57 bits per heavy atom. The van der Waals surface area contributed by atoms with E-state index in [1.165, 1.54) is 12.1 Å². The predicted molar refractivity (Wildman–Crippen MR) is 79.2 cm³/mol. The van der Waals surface area contributed by atoms with Crippen molar-refractivity contribution in [2.45, 2.75) is 39.8 Å². The van der Waals surface area contributed by atoms with Gasteiger partial charge < -0.3 is 5.32 Å². The van der Waals surface area contributed by atoms with Crippen LogP contribution in [-0.2, 0) is 13.0 Å². The van der Waals surface area contributed by atoms with Crippen LogP contribution in [0.5, 0.6) is 0 Å². The molecule has 0 radical (unpaired) electrons. The second-order valence-electron chi connectivity index (χ2n) is 5.74. The minimum atomic E-state index is -0.215. The van der Waals surface area contributed by atoms with Gasteiger partial charge in [-0.2, -0.15) is 0 Å². The summed E-state index contributed by atoms with van der Waals surface area (Å²) in [6.07, 6.45) is 0.766. The van der Waals surface area contributed by atoms with Crippen LogP contribution >= 0.6 is 0 Å². The molecule has 0 aliphatic rings. The number of nitrogens with zero attached hydrogens (tertiary/aromatic N) is 4. The minimum absolute atomic E-state index is 0.126. The number of nitrogens with one attached hydrogen (secondary N) is 1. The van der Waals surface area contributed by atoms with E-state index < -0.39 is 0 Å². The highest BCUT2D eigenvalue weighted by Gasteiger charge is 2.13. The molecule has 1 aromatic heterocycles. The van der Waals surface area contributed by atoms with E-state index in [4.69, 9.17) is 0 Å². The van der Waals surface area contributed by atoms with Crippen LogP contribution in [0.25, 0.3) is 0 Å². The molecule has 1 heterocycles. The lowest BCUT2D eigenvalue weighted by Crippen LogP contribution is -2.23. The average Bonchev–Trinajstić information content (AvgIpc) is 2.89. The summed E-state index contributed by atoms with van der Waals surface area (Å²) in [5.74, 6) is 1.20. The highest BCUT2D eigenvalue weighted by molar-refractivity contribution is 5.16. The maximum Gasteiger partial charge on any atom is 0.165 e. The van der Waals surface area contributed by atoms with E-state index in [2.05, 4.69) is 41.6 Å². The second kappa shape index (κ2) is 7.26. The molecule has 21 heavy (non-hydrogen) atoms. The van der Waals surface area contributed by atoms with Crippen molar-refractivity contribution in [1.82, 2.24) is 25.5 Å². The fraction of sp³-hybridized carbons (Fsp3) is 0.533. The fourth-order valence-electron chi connectivity index (χ4n) is 2.19. The highest BCUT2D eigenvalue weighted by Crippen LogP contribution is 2.14. The van der Waals surface area contributed by atoms with Gasteiger partial charge in [-0.25, -0.2) is 9.07 Å². The Morgan fingerprint density at radius 2 is 1.90 bits per heavy atom. The lowest BCUT2D eigenvalue weighted by Gasteiger charge is -2.14. The van der Waals surface area contributed by atoms with Crippen LogP contribution in [0.15, 0.2) is 24.3 Å². The normalized spacial score (nSPS) is 12.8. The first-order chi connectivity index (χ1) is 10.1. The van der Waals surface area contributed by atoms with Gasteiger partial charge in [0.1, 0.15) is 5.82 Å². The number of hydrogen-bond acceptors (Lipinski definition) is 4. The smallest absolute Gasteiger partial charge is 0.165 e. The first-order valence-electron chi connectivity index (χ1n) is 7.28. The molecule has 0 aliphatic heterocycles. The van der Waals surface area contributed by atoms with Gasteiger partial charge in [0.05, 0.1) is 12.6 Å². The van der Waals surface area contributed by atoms with E-state index in [0.29, 0.717) is 12.5 Å². The standard InChI is InChI=1S/C15H22FN5/c1-11(2)9-17-10-15-18-19-20-21(15)12(3)8-13-4-6-14(16)7-5-13/h4-7,11-12,17H,8-10H2,1-3H3. The molecule has 0 amide bonds. The molecule has 6 heteroatoms. The molecular formula is C15H22FN5. The molecule has 5 nitrogen and oxygen atoms in total. The molecule has 1 aromatic carbocycles. The van der Waals surface area contributed by atoms with Crippen LogP contribution in [-0.4, -0.2) is 26.8 Å². The van der Waals surface area contributed by atoms with E-state index in [9.17, 15) is 4.39 Å². The average molecular weight is 291 g/mol. The highest BCUT2D eigenvalue weighted by atomic mass is 19.1. The number of hydrogen-bond donors (Lipinski definition) is 1. The molecular weight excluding hydrogens is 269 g/mol. The number of benzene rings is 1. The summed E-state index contributed by atoms with van der Waals surface area (Å²) in [4.78, 5) is 0. The Kier molecular flexibility index (Phi) is 5.38. The van der Waals surface area contributed by atoms with E-state index >= 15 is 0 Å². The van der Waals surface area contributed by atoms with E-state index in [1.54, 1.807) is 12.1 Å². The van der Waals surface area contributed by atoms with Gasteiger partial charge in [0.2, 0.25) is 0 Å². The van der Waals surface area contributed by atoms with Crippen LogP contribution in [0.3, 0.4) is 0 Å². The van der Waals surface area contributed by atoms with Gasteiger partial charge in [-0.1, -0.05) is 26.0 Å². The zero-order valence-electron chi connectivity index (χ0n) is 12.8. The summed E-state index contributed by atoms with van der Waals surface area (Å²) >= 11 is 0. The first kappa shape index (κ1) is 15.6. The molecule has 1 atom stereocenters. The third-order valence-corrected chi connectivity index (χ3v) is 3.26. The van der Waals surface area contributed by atoms with Crippen LogP contribution in [0.1, 0.15) is 38.2 Å². The van der Waals surface area contributed by atoms with Gasteiger partial charge in [-0.15, -0.1) is 5.10 Å². The van der Waals surface area contributed by atoms with Crippen molar-refractivity contribution in [3.8, 4) is 0 Å². The SMILES string of the molecule is CC(C)CNCc1nnnn1C(C)Cc1ccc(F)cc1. The molecule has 0 aliphatic carbocycles. The van der Waals surface area contributed by atoms with Crippen LogP contribution in [0.4, 0.5) is 4.39 Å². The summed E-state index contributed by atoms with van der Waals surface area (Å²) < 4.78 is 14.8. The molecule has 1 unspecified atom stereocenters. The molecule has 0 saturated carbocycles. The number of aromatic nitrogens is 4. The molecule has 2 rings (SSSR count). The monoisotopic (exact) mass is 291 g/mol. The van der Waals surface area contributed by atoms with E-state index in [-0.39, 0.29) is 11.9 Å². The minimum Gasteiger partial charge on any atom is -0.310 e. The maximum atomic E-state index is 12.9. The molecule has 1 N–H and O–H groups in total. The zero-order chi connectivity index (χ0) is 15.2. The topological polar surface area (TPSA) is 55.6 Å². The molecule has 0 bridgehead atoms. The summed E-state index contributed by atoms with van der Waals surface area (Å²) in [7, 11) is 0. The van der Waals surface area contributed by atoms with Crippen molar-refractivity contribution in [2.24, 2.45) is 5.92 Å². The molecule has 0 spiro atoms. The van der Waals surface area contributed by atoms with E-state index in [0.717, 1.165) is 24.4 Å². The molecule has 0 saturated heterocycles. The Bertz CT molecular complexity index is 549. The number of halogens is 1. The van der Waals surface area contributed by atoms with Crippen molar-refractivity contribution in [2.75, 3.05) is 6.54 Å². The third kappa shape index (κ3) is 4.60. The zero-order valence-corrected chi connectivity index (χ0v) is 12.8. The third-order valence-electron chi connectivity index (χ3n) is 3.26. The maximum absolute atomic E-state index is 12.9. The van der Waals surface area contributed by atoms with Gasteiger partial charge in [0.25, 0.3) is 0 Å². The Morgan fingerprint density at radius 1 is 1.19 bits per heavy atom. The summed E-state index contributed by atoms with van der Waals surface area (Å²) in [6, 6.07) is 6.68. The summed E-state index contributed by atoms with van der Waals surface area (Å²) in [5.41, 5.74) is 1.07. The van der Waals surface area contributed by atoms with Crippen molar-refractivity contribution in [1.29, 1.82) is 0 Å². The predicted octanol–water partition coefficient (Wildman–Crippen LogP) is 2.36. The van der Waals surface area contributed by atoms with Crippen molar-refractivity contribution in [3.63, 3.8) is 0 Å². The van der Waals surface area contributed by atoms with Gasteiger partial charge in [-0.05, 0) is 53.9 Å². The summed E-state index contributed by atoms with van der Waals surface area (Å²) in [5, 5.41) is 15.2. The fourth-order valence-corrected chi connectivity index (χ4v) is 2.19. The van der Waals surface area contributed by atoms with Gasteiger partial charge >= 0.3 is 0 Å². The number of tetrazole rings is 1. The Hall–Kier alpha value is -1.82. The van der Waals surface area contributed by atoms with Gasteiger partial charge in [0, 0.05) is 0 Å². The molecule has 0 fully saturated rings. The second-order valence-corrected chi connectivity index (χ2v) is 5.74. The van der Waals surface area contributed by atoms with Crippen LogP contribution < -0.4 is 5.32 Å². The van der Waals surface area contributed by atoms with Crippen molar-refractivity contribution < 1.29 is 4.39 Å². The lowest BCUT2D eigenvalue weighted by atomic mass is 10.1. The molecule has 114 valence electrons. The van der Waals surface area contributed by atoms with Crippen molar-refractivity contribution >= 4 is 0 Å². The molecule has 2 aromatic rings. The largest absolute Gasteiger partial charge is 0.310 e. The van der Waals surface area contributed by atoms with Crippen LogP contribution in [0.2, 0.25) is 0 Å². The summed E-state index contributed by atoms with van der Waals surface area (Å²) in [6.45, 7) is 7.96. The first-order valence-corrected chi connectivity index (χ1v) is 7.28. The lowest BCUT2D eigenvalue weighted by molar-refractivity contribution is 0.442. The van der Waals surface area contributed by atoms with Crippen molar-refractivity contribution in [3.05, 3.63) is 41.5 Å². The van der Waals surface area contributed by atoms with Crippen LogP contribution in [0, 0.1) is 11.7 Å². The van der Waals surface area contributed by atoms with Gasteiger partial charge in [-0.3, -0.25) is 0 Å². The Labute approximate surface area is 124 Å². The van der Waals surface area contributed by atoms with E-state index in [1.807, 2.05) is 4.68 Å². The quantitative estimate of drug-likeness (QED) is 0.851. The van der Waals surface area contributed by atoms with Gasteiger partial charge in [0.15, 0.2) is 5.82 Å².